The monoisotopic (exact) mass is 354 g/mol. The molecule has 1 saturated heterocycles. The van der Waals surface area contributed by atoms with E-state index in [4.69, 9.17) is 10.5 Å². The molecule has 0 spiro atoms. The van der Waals surface area contributed by atoms with Crippen molar-refractivity contribution in [3.05, 3.63) is 35.2 Å². The lowest BCUT2D eigenvalue weighted by molar-refractivity contribution is -0.159. The van der Waals surface area contributed by atoms with Crippen LogP contribution in [0.1, 0.15) is 23.4 Å². The maximum absolute atomic E-state index is 12.6. The molecule has 25 heavy (non-hydrogen) atoms. The Morgan fingerprint density at radius 2 is 2.00 bits per heavy atom. The molecule has 0 aliphatic carbocycles. The van der Waals surface area contributed by atoms with Crippen LogP contribution in [0.3, 0.4) is 0 Å². The number of aromatic nitrogens is 2. The molecule has 0 bridgehead atoms. The normalized spacial score (nSPS) is 24.5. The van der Waals surface area contributed by atoms with E-state index >= 15 is 0 Å². The maximum Gasteiger partial charge on any atom is 0.471 e. The second-order valence-electron chi connectivity index (χ2n) is 6.40. The van der Waals surface area contributed by atoms with Gasteiger partial charge in [-0.25, -0.2) is 0 Å². The lowest BCUT2D eigenvalue weighted by Crippen LogP contribution is -2.51. The van der Waals surface area contributed by atoms with Gasteiger partial charge in [0.15, 0.2) is 0 Å². The second kappa shape index (κ2) is 6.08. The minimum Gasteiger partial charge on any atom is -0.380 e. The highest BCUT2D eigenvalue weighted by Gasteiger charge is 2.38. The van der Waals surface area contributed by atoms with E-state index in [2.05, 4.69) is 19.6 Å². The van der Waals surface area contributed by atoms with Crippen LogP contribution in [-0.2, 0) is 24.0 Å². The van der Waals surface area contributed by atoms with Crippen LogP contribution >= 0.6 is 0 Å². The Hall–Kier alpha value is -1.97. The van der Waals surface area contributed by atoms with Gasteiger partial charge in [-0.15, -0.1) is 0 Å². The second-order valence-corrected chi connectivity index (χ2v) is 6.40. The van der Waals surface area contributed by atoms with Crippen LogP contribution in [0.4, 0.5) is 13.2 Å². The summed E-state index contributed by atoms with van der Waals surface area (Å²) < 4.78 is 47.6. The van der Waals surface area contributed by atoms with Crippen molar-refractivity contribution in [3.63, 3.8) is 0 Å². The standard InChI is InChI=1S/C16H17F3N4O2/c17-16(18,19)15-21-14(22-25-15)9-1-2-10-6-23(7-11(10)5-9)13-8-24-4-3-12(13)20/h1-2,5,12-13H,3-4,6-8,20H2/t12-,13-/m1/s1. The fourth-order valence-corrected chi connectivity index (χ4v) is 3.37. The molecule has 0 amide bonds. The highest BCUT2D eigenvalue weighted by molar-refractivity contribution is 5.57. The molecule has 9 heteroatoms. The molecular weight excluding hydrogens is 337 g/mol. The van der Waals surface area contributed by atoms with E-state index in [1.165, 1.54) is 0 Å². The van der Waals surface area contributed by atoms with Gasteiger partial charge in [0.25, 0.3) is 0 Å². The number of hydrogen-bond acceptors (Lipinski definition) is 6. The maximum atomic E-state index is 12.6. The molecule has 2 atom stereocenters. The van der Waals surface area contributed by atoms with Crippen LogP contribution in [-0.4, -0.2) is 40.3 Å². The predicted octanol–water partition coefficient (Wildman–Crippen LogP) is 2.19. The van der Waals surface area contributed by atoms with Crippen LogP contribution in [0.15, 0.2) is 22.7 Å². The molecule has 2 N–H and O–H groups in total. The first-order chi connectivity index (χ1) is 11.9. The van der Waals surface area contributed by atoms with Crippen LogP contribution in [0.5, 0.6) is 0 Å². The lowest BCUT2D eigenvalue weighted by Gasteiger charge is -2.35. The Morgan fingerprint density at radius 1 is 1.20 bits per heavy atom. The Labute approximate surface area is 141 Å². The van der Waals surface area contributed by atoms with Gasteiger partial charge in [0.2, 0.25) is 5.82 Å². The van der Waals surface area contributed by atoms with E-state index < -0.39 is 12.1 Å². The van der Waals surface area contributed by atoms with Crippen LogP contribution in [0.25, 0.3) is 11.4 Å². The zero-order valence-corrected chi connectivity index (χ0v) is 13.3. The van der Waals surface area contributed by atoms with Crippen molar-refractivity contribution in [2.75, 3.05) is 13.2 Å². The Balaban J connectivity index is 1.55. The first kappa shape index (κ1) is 16.5. The van der Waals surface area contributed by atoms with Gasteiger partial charge in [-0.05, 0) is 23.6 Å². The molecule has 134 valence electrons. The average Bonchev–Trinajstić information content (AvgIpc) is 3.21. The predicted molar refractivity (Wildman–Crippen MR) is 81.2 cm³/mol. The van der Waals surface area contributed by atoms with Crippen molar-refractivity contribution in [2.45, 2.75) is 37.8 Å². The fourth-order valence-electron chi connectivity index (χ4n) is 3.37. The van der Waals surface area contributed by atoms with Gasteiger partial charge in [0.1, 0.15) is 0 Å². The van der Waals surface area contributed by atoms with E-state index in [0.717, 1.165) is 24.1 Å². The molecule has 2 aliphatic rings. The lowest BCUT2D eigenvalue weighted by atomic mass is 10.0. The number of benzene rings is 1. The first-order valence-corrected chi connectivity index (χ1v) is 8.02. The first-order valence-electron chi connectivity index (χ1n) is 8.02. The quantitative estimate of drug-likeness (QED) is 0.891. The van der Waals surface area contributed by atoms with Crippen molar-refractivity contribution >= 4 is 0 Å². The SMILES string of the molecule is N[C@@H]1CCOC[C@H]1N1Cc2ccc(-c3noc(C(F)(F)F)n3)cc2C1. The molecule has 3 heterocycles. The summed E-state index contributed by atoms with van der Waals surface area (Å²) in [7, 11) is 0. The fraction of sp³-hybridized carbons (Fsp3) is 0.500. The molecule has 1 aromatic heterocycles. The molecular formula is C16H17F3N4O2. The number of rotatable bonds is 2. The van der Waals surface area contributed by atoms with Gasteiger partial charge in [0, 0.05) is 37.3 Å². The Morgan fingerprint density at radius 3 is 2.72 bits per heavy atom. The van der Waals surface area contributed by atoms with E-state index in [-0.39, 0.29) is 17.9 Å². The summed E-state index contributed by atoms with van der Waals surface area (Å²) in [6.07, 6.45) is -3.82. The Bertz CT molecular complexity index is 777. The summed E-state index contributed by atoms with van der Waals surface area (Å²) in [5.41, 5.74) is 8.86. The van der Waals surface area contributed by atoms with Crippen molar-refractivity contribution in [2.24, 2.45) is 5.73 Å². The third-order valence-corrected chi connectivity index (χ3v) is 4.73. The number of fused-ring (bicyclic) bond motifs is 1. The zero-order valence-electron chi connectivity index (χ0n) is 13.3. The summed E-state index contributed by atoms with van der Waals surface area (Å²) in [5, 5.41) is 3.44. The van der Waals surface area contributed by atoms with E-state index in [1.807, 2.05) is 12.1 Å². The molecule has 6 nitrogen and oxygen atoms in total. The number of nitrogens with zero attached hydrogens (tertiary/aromatic N) is 3. The molecule has 0 radical (unpaired) electrons. The third kappa shape index (κ3) is 3.14. The zero-order chi connectivity index (χ0) is 17.6. The highest BCUT2D eigenvalue weighted by Crippen LogP contribution is 2.32. The van der Waals surface area contributed by atoms with Gasteiger partial charge in [-0.3, -0.25) is 4.90 Å². The van der Waals surface area contributed by atoms with Crippen LogP contribution in [0.2, 0.25) is 0 Å². The summed E-state index contributed by atoms with van der Waals surface area (Å²) >= 11 is 0. The highest BCUT2D eigenvalue weighted by atomic mass is 19.4. The Kier molecular flexibility index (Phi) is 4.01. The summed E-state index contributed by atoms with van der Waals surface area (Å²) in [6, 6.07) is 5.63. The van der Waals surface area contributed by atoms with Gasteiger partial charge in [-0.2, -0.15) is 18.2 Å². The third-order valence-electron chi connectivity index (χ3n) is 4.73. The number of nitrogens with two attached hydrogens (primary N) is 1. The van der Waals surface area contributed by atoms with Crippen molar-refractivity contribution in [3.8, 4) is 11.4 Å². The van der Waals surface area contributed by atoms with Gasteiger partial charge >= 0.3 is 12.1 Å². The molecule has 0 saturated carbocycles. The van der Waals surface area contributed by atoms with Crippen molar-refractivity contribution in [1.29, 1.82) is 0 Å². The summed E-state index contributed by atoms with van der Waals surface area (Å²) in [4.78, 5) is 5.69. The van der Waals surface area contributed by atoms with E-state index in [0.29, 0.717) is 25.3 Å². The van der Waals surface area contributed by atoms with Gasteiger partial charge in [-0.1, -0.05) is 17.3 Å². The molecule has 1 fully saturated rings. The average molecular weight is 354 g/mol. The molecule has 2 aliphatic heterocycles. The molecule has 4 rings (SSSR count). The number of hydrogen-bond donors (Lipinski definition) is 1. The van der Waals surface area contributed by atoms with Gasteiger partial charge in [0.05, 0.1) is 6.61 Å². The van der Waals surface area contributed by atoms with Crippen molar-refractivity contribution in [1.82, 2.24) is 15.0 Å². The molecule has 2 aromatic rings. The van der Waals surface area contributed by atoms with Crippen molar-refractivity contribution < 1.29 is 22.4 Å². The van der Waals surface area contributed by atoms with Crippen LogP contribution in [0, 0.1) is 0 Å². The summed E-state index contributed by atoms with van der Waals surface area (Å²) in [6.45, 7) is 2.70. The van der Waals surface area contributed by atoms with E-state index in [1.54, 1.807) is 6.07 Å². The topological polar surface area (TPSA) is 77.4 Å². The minimum atomic E-state index is -4.64. The summed E-state index contributed by atoms with van der Waals surface area (Å²) in [5.74, 6) is -1.40. The minimum absolute atomic E-state index is 0.0636. The van der Waals surface area contributed by atoms with E-state index in [9.17, 15) is 13.2 Å². The largest absolute Gasteiger partial charge is 0.471 e. The molecule has 0 unspecified atom stereocenters. The number of halogens is 3. The number of alkyl halides is 3. The van der Waals surface area contributed by atoms with Crippen LogP contribution < -0.4 is 5.73 Å². The number of ether oxygens (including phenoxy) is 1. The smallest absolute Gasteiger partial charge is 0.380 e. The van der Waals surface area contributed by atoms with Gasteiger partial charge < -0.3 is 15.0 Å². The molecule has 1 aromatic carbocycles.